The van der Waals surface area contributed by atoms with Crippen LogP contribution in [0.5, 0.6) is 0 Å². The fourth-order valence-electron chi connectivity index (χ4n) is 1.76. The molecule has 0 bridgehead atoms. The first-order valence-corrected chi connectivity index (χ1v) is 5.50. The van der Waals surface area contributed by atoms with Gasteiger partial charge in [-0.15, -0.1) is 0 Å². The van der Waals surface area contributed by atoms with E-state index in [1.54, 1.807) is 0 Å². The Labute approximate surface area is 94.1 Å². The Morgan fingerprint density at radius 1 is 1.38 bits per heavy atom. The molecule has 0 aliphatic heterocycles. The fraction of sp³-hybridized carbons (Fsp3) is 0.538. The molecule has 0 radical (unpaired) electrons. The molecule has 1 aromatic rings. The van der Waals surface area contributed by atoms with E-state index >= 15 is 0 Å². The summed E-state index contributed by atoms with van der Waals surface area (Å²) < 4.78 is 27.2. The maximum atomic E-state index is 13.7. The highest BCUT2D eigenvalue weighted by atomic mass is 19.1. The molecular weight excluding hydrogens is 210 g/mol. The van der Waals surface area contributed by atoms with E-state index in [0.717, 1.165) is 0 Å². The van der Waals surface area contributed by atoms with Crippen molar-refractivity contribution in [3.05, 3.63) is 35.1 Å². The number of hydrogen-bond acceptors (Lipinski definition) is 1. The standard InChI is InChI=1S/C13H16F2O/c1-12(2,15)10-3-4-11(14)9(7-10)8-13(16)5-6-13/h3-4,7,16H,5-6,8H2,1-2H3. The molecule has 3 heteroatoms. The molecule has 1 N–H and O–H groups in total. The first-order chi connectivity index (χ1) is 7.30. The second kappa shape index (κ2) is 3.52. The van der Waals surface area contributed by atoms with Crippen LogP contribution in [-0.2, 0) is 12.1 Å². The molecule has 16 heavy (non-hydrogen) atoms. The number of benzene rings is 1. The van der Waals surface area contributed by atoms with Crippen LogP contribution in [0.15, 0.2) is 18.2 Å². The molecule has 0 aromatic heterocycles. The Kier molecular flexibility index (Phi) is 2.54. The largest absolute Gasteiger partial charge is 0.390 e. The number of halogens is 2. The minimum absolute atomic E-state index is 0.281. The summed E-state index contributed by atoms with van der Waals surface area (Å²) in [6.07, 6.45) is 1.69. The first kappa shape index (κ1) is 11.5. The SMILES string of the molecule is CC(C)(F)c1ccc(F)c(CC2(O)CC2)c1. The number of aliphatic hydroxyl groups is 1. The zero-order valence-electron chi connectivity index (χ0n) is 9.56. The summed E-state index contributed by atoms with van der Waals surface area (Å²) in [6.45, 7) is 2.88. The number of alkyl halides is 1. The number of hydrogen-bond donors (Lipinski definition) is 1. The third kappa shape index (κ3) is 2.40. The molecule has 0 saturated heterocycles. The minimum atomic E-state index is -1.48. The van der Waals surface area contributed by atoms with Crippen LogP contribution in [0.1, 0.15) is 37.8 Å². The summed E-state index contributed by atoms with van der Waals surface area (Å²) in [5, 5.41) is 9.74. The quantitative estimate of drug-likeness (QED) is 0.839. The van der Waals surface area contributed by atoms with Gasteiger partial charge in [0.2, 0.25) is 0 Å². The molecule has 0 spiro atoms. The van der Waals surface area contributed by atoms with Gasteiger partial charge in [0.05, 0.1) is 5.60 Å². The van der Waals surface area contributed by atoms with E-state index in [-0.39, 0.29) is 12.2 Å². The maximum absolute atomic E-state index is 13.7. The van der Waals surface area contributed by atoms with Gasteiger partial charge in [-0.1, -0.05) is 6.07 Å². The van der Waals surface area contributed by atoms with Crippen LogP contribution < -0.4 is 0 Å². The zero-order valence-corrected chi connectivity index (χ0v) is 9.56. The summed E-state index contributed by atoms with van der Waals surface area (Å²) in [5.74, 6) is -0.367. The van der Waals surface area contributed by atoms with Crippen molar-refractivity contribution >= 4 is 0 Å². The summed E-state index contributed by atoms with van der Waals surface area (Å²) >= 11 is 0. The van der Waals surface area contributed by atoms with Gasteiger partial charge in [-0.25, -0.2) is 8.78 Å². The second-order valence-electron chi connectivity index (χ2n) is 5.18. The summed E-state index contributed by atoms with van der Waals surface area (Å²) in [4.78, 5) is 0. The Balaban J connectivity index is 2.29. The van der Waals surface area contributed by atoms with Crippen molar-refractivity contribution in [1.82, 2.24) is 0 Å². The van der Waals surface area contributed by atoms with Crippen molar-refractivity contribution in [2.45, 2.75) is 44.4 Å². The normalized spacial score (nSPS) is 18.6. The lowest BCUT2D eigenvalue weighted by Gasteiger charge is -2.17. The molecule has 1 fully saturated rings. The van der Waals surface area contributed by atoms with Crippen LogP contribution in [0.25, 0.3) is 0 Å². The Bertz CT molecular complexity index is 403. The lowest BCUT2D eigenvalue weighted by atomic mass is 9.95. The average Bonchev–Trinajstić information content (AvgIpc) is 2.86. The van der Waals surface area contributed by atoms with Gasteiger partial charge >= 0.3 is 0 Å². The highest BCUT2D eigenvalue weighted by Crippen LogP contribution is 2.39. The van der Waals surface area contributed by atoms with Gasteiger partial charge in [-0.3, -0.25) is 0 Å². The minimum Gasteiger partial charge on any atom is -0.390 e. The third-order valence-electron chi connectivity index (χ3n) is 3.08. The van der Waals surface area contributed by atoms with Gasteiger partial charge in [0.25, 0.3) is 0 Å². The lowest BCUT2D eigenvalue weighted by molar-refractivity contribution is 0.149. The molecule has 0 heterocycles. The monoisotopic (exact) mass is 226 g/mol. The Hall–Kier alpha value is -0.960. The summed E-state index contributed by atoms with van der Waals surface area (Å²) in [5.41, 5.74) is -1.37. The van der Waals surface area contributed by atoms with E-state index in [2.05, 4.69) is 0 Å². The van der Waals surface area contributed by atoms with E-state index in [0.29, 0.717) is 24.0 Å². The Morgan fingerprint density at radius 2 is 2.00 bits per heavy atom. The van der Waals surface area contributed by atoms with Crippen LogP contribution >= 0.6 is 0 Å². The predicted octanol–water partition coefficient (Wildman–Crippen LogP) is 3.10. The molecule has 0 amide bonds. The predicted molar refractivity (Wildman–Crippen MR) is 58.4 cm³/mol. The average molecular weight is 226 g/mol. The molecule has 1 nitrogen and oxygen atoms in total. The molecule has 1 aliphatic rings. The van der Waals surface area contributed by atoms with Crippen LogP contribution in [0, 0.1) is 5.82 Å². The van der Waals surface area contributed by atoms with Crippen molar-refractivity contribution in [2.24, 2.45) is 0 Å². The highest BCUT2D eigenvalue weighted by Gasteiger charge is 2.40. The molecule has 0 unspecified atom stereocenters. The molecule has 1 saturated carbocycles. The van der Waals surface area contributed by atoms with Gasteiger partial charge in [0.15, 0.2) is 0 Å². The summed E-state index contributed by atoms with van der Waals surface area (Å²) in [7, 11) is 0. The van der Waals surface area contributed by atoms with Gasteiger partial charge in [0, 0.05) is 6.42 Å². The lowest BCUT2D eigenvalue weighted by Crippen LogP contribution is -2.15. The molecule has 88 valence electrons. The van der Waals surface area contributed by atoms with Crippen molar-refractivity contribution in [2.75, 3.05) is 0 Å². The molecule has 2 rings (SSSR count). The van der Waals surface area contributed by atoms with Gasteiger partial charge in [0.1, 0.15) is 11.5 Å². The van der Waals surface area contributed by atoms with Crippen molar-refractivity contribution in [3.63, 3.8) is 0 Å². The van der Waals surface area contributed by atoms with Gasteiger partial charge < -0.3 is 5.11 Å². The third-order valence-corrected chi connectivity index (χ3v) is 3.08. The Morgan fingerprint density at radius 3 is 2.50 bits per heavy atom. The van der Waals surface area contributed by atoms with E-state index in [1.807, 2.05) is 0 Å². The molecule has 1 aliphatic carbocycles. The smallest absolute Gasteiger partial charge is 0.130 e. The van der Waals surface area contributed by atoms with Crippen LogP contribution in [0.3, 0.4) is 0 Å². The van der Waals surface area contributed by atoms with Gasteiger partial charge in [-0.05, 0) is 49.9 Å². The van der Waals surface area contributed by atoms with Crippen molar-refractivity contribution in [1.29, 1.82) is 0 Å². The first-order valence-electron chi connectivity index (χ1n) is 5.50. The molecular formula is C13H16F2O. The van der Waals surface area contributed by atoms with Crippen molar-refractivity contribution in [3.8, 4) is 0 Å². The molecule has 0 atom stereocenters. The molecule has 1 aromatic carbocycles. The summed E-state index contributed by atoms with van der Waals surface area (Å²) in [6, 6.07) is 4.25. The van der Waals surface area contributed by atoms with Gasteiger partial charge in [-0.2, -0.15) is 0 Å². The topological polar surface area (TPSA) is 20.2 Å². The fourth-order valence-corrected chi connectivity index (χ4v) is 1.76. The second-order valence-corrected chi connectivity index (χ2v) is 5.18. The van der Waals surface area contributed by atoms with Crippen molar-refractivity contribution < 1.29 is 13.9 Å². The highest BCUT2D eigenvalue weighted by molar-refractivity contribution is 5.30. The van der Waals surface area contributed by atoms with E-state index in [1.165, 1.54) is 32.0 Å². The van der Waals surface area contributed by atoms with Crippen LogP contribution in [0.4, 0.5) is 8.78 Å². The van der Waals surface area contributed by atoms with E-state index in [9.17, 15) is 13.9 Å². The van der Waals surface area contributed by atoms with Crippen LogP contribution in [-0.4, -0.2) is 10.7 Å². The van der Waals surface area contributed by atoms with E-state index in [4.69, 9.17) is 0 Å². The zero-order chi connectivity index (χ0) is 12.0. The number of rotatable bonds is 3. The van der Waals surface area contributed by atoms with Crippen LogP contribution in [0.2, 0.25) is 0 Å². The van der Waals surface area contributed by atoms with E-state index < -0.39 is 11.3 Å². The maximum Gasteiger partial charge on any atom is 0.130 e.